The van der Waals surface area contributed by atoms with E-state index in [1.54, 1.807) is 0 Å². The molecule has 0 heterocycles. The molecule has 106 valence electrons. The van der Waals surface area contributed by atoms with Gasteiger partial charge in [0.05, 0.1) is 5.60 Å². The van der Waals surface area contributed by atoms with Crippen LogP contribution in [0.1, 0.15) is 51.4 Å². The van der Waals surface area contributed by atoms with Gasteiger partial charge in [0.1, 0.15) is 0 Å². The molecule has 3 aliphatic rings. The molecule has 2 bridgehead atoms. The fourth-order valence-corrected chi connectivity index (χ4v) is 4.89. The molecule has 0 spiro atoms. The summed E-state index contributed by atoms with van der Waals surface area (Å²) in [7, 11) is 0. The van der Waals surface area contributed by atoms with E-state index in [2.05, 4.69) is 6.58 Å². The molecule has 19 heavy (non-hydrogen) atoms. The molecule has 4 unspecified atom stereocenters. The monoisotopic (exact) mass is 264 g/mol. The predicted octanol–water partition coefficient (Wildman–Crippen LogP) is 3.39. The Morgan fingerprint density at radius 1 is 1.37 bits per heavy atom. The summed E-state index contributed by atoms with van der Waals surface area (Å²) < 4.78 is 6.29. The van der Waals surface area contributed by atoms with E-state index in [-0.39, 0.29) is 5.60 Å². The smallest absolute Gasteiger partial charge is 0.330 e. The van der Waals surface area contributed by atoms with Gasteiger partial charge in [0.15, 0.2) is 0 Å². The van der Waals surface area contributed by atoms with E-state index in [1.165, 1.54) is 38.5 Å². The van der Waals surface area contributed by atoms with Crippen LogP contribution in [0.2, 0.25) is 0 Å². The summed E-state index contributed by atoms with van der Waals surface area (Å²) in [6.45, 7) is 4.26. The summed E-state index contributed by atoms with van der Waals surface area (Å²) in [5, 5.41) is 8.78. The molecule has 1 N–H and O–H groups in total. The van der Waals surface area contributed by atoms with Crippen LogP contribution in [0.5, 0.6) is 0 Å². The summed E-state index contributed by atoms with van der Waals surface area (Å²) >= 11 is 0. The standard InChI is InChI=1S/C16H24O3/c1-11(15(17)18)4-3-9-19-16-8-7-12(10-16)13-5-2-6-14(13)16/h12-14H,1-10H2,(H,17,18). The minimum absolute atomic E-state index is 0.163. The average Bonchev–Trinajstić information content (AvgIpc) is 3.05. The first-order valence-electron chi connectivity index (χ1n) is 7.67. The van der Waals surface area contributed by atoms with Crippen LogP contribution in [0, 0.1) is 17.8 Å². The van der Waals surface area contributed by atoms with Gasteiger partial charge < -0.3 is 9.84 Å². The van der Waals surface area contributed by atoms with Crippen LogP contribution in [0.4, 0.5) is 0 Å². The van der Waals surface area contributed by atoms with E-state index in [0.717, 1.165) is 24.2 Å². The van der Waals surface area contributed by atoms with E-state index < -0.39 is 5.97 Å². The number of fused-ring (bicyclic) bond motifs is 5. The molecular formula is C16H24O3. The Morgan fingerprint density at radius 2 is 2.21 bits per heavy atom. The van der Waals surface area contributed by atoms with Crippen molar-refractivity contribution in [3.05, 3.63) is 12.2 Å². The summed E-state index contributed by atoms with van der Waals surface area (Å²) in [6.07, 6.45) is 9.33. The Kier molecular flexibility index (Phi) is 3.42. The van der Waals surface area contributed by atoms with Crippen molar-refractivity contribution in [1.82, 2.24) is 0 Å². The second-order valence-electron chi connectivity index (χ2n) is 6.63. The van der Waals surface area contributed by atoms with Crippen molar-refractivity contribution in [2.45, 2.75) is 57.0 Å². The van der Waals surface area contributed by atoms with E-state index in [4.69, 9.17) is 9.84 Å². The molecule has 0 aromatic rings. The lowest BCUT2D eigenvalue weighted by Gasteiger charge is -2.36. The first kappa shape index (κ1) is 13.2. The Balaban J connectivity index is 1.50. The van der Waals surface area contributed by atoms with Crippen molar-refractivity contribution in [2.24, 2.45) is 17.8 Å². The van der Waals surface area contributed by atoms with Gasteiger partial charge in [-0.15, -0.1) is 0 Å². The summed E-state index contributed by atoms with van der Waals surface area (Å²) in [5.74, 6) is 1.77. The zero-order valence-corrected chi connectivity index (χ0v) is 11.6. The molecule has 4 atom stereocenters. The summed E-state index contributed by atoms with van der Waals surface area (Å²) in [4.78, 5) is 10.7. The molecule has 0 radical (unpaired) electrons. The van der Waals surface area contributed by atoms with E-state index in [9.17, 15) is 4.79 Å². The number of carboxylic acids is 1. The maximum atomic E-state index is 10.7. The van der Waals surface area contributed by atoms with Crippen molar-refractivity contribution in [3.63, 3.8) is 0 Å². The molecule has 3 nitrogen and oxygen atoms in total. The third-order valence-electron chi connectivity index (χ3n) is 5.71. The number of carbonyl (C=O) groups is 1. The highest BCUT2D eigenvalue weighted by molar-refractivity contribution is 5.85. The van der Waals surface area contributed by atoms with E-state index in [1.807, 2.05) is 0 Å². The van der Waals surface area contributed by atoms with Gasteiger partial charge in [-0.05, 0) is 62.7 Å². The molecule has 3 heteroatoms. The Bertz CT molecular complexity index is 389. The van der Waals surface area contributed by atoms with Crippen molar-refractivity contribution >= 4 is 5.97 Å². The van der Waals surface area contributed by atoms with Crippen LogP contribution in [0.3, 0.4) is 0 Å². The number of hydrogen-bond acceptors (Lipinski definition) is 2. The number of carboxylic acid groups (broad SMARTS) is 1. The van der Waals surface area contributed by atoms with Crippen LogP contribution in [0.25, 0.3) is 0 Å². The number of ether oxygens (including phenoxy) is 1. The molecule has 3 saturated carbocycles. The average molecular weight is 264 g/mol. The minimum Gasteiger partial charge on any atom is -0.478 e. The topological polar surface area (TPSA) is 46.5 Å². The summed E-state index contributed by atoms with van der Waals surface area (Å²) in [6, 6.07) is 0. The second kappa shape index (κ2) is 4.93. The van der Waals surface area contributed by atoms with E-state index >= 15 is 0 Å². The Morgan fingerprint density at radius 3 is 3.00 bits per heavy atom. The molecule has 3 rings (SSSR count). The van der Waals surface area contributed by atoms with E-state index in [0.29, 0.717) is 18.6 Å². The molecular weight excluding hydrogens is 240 g/mol. The Labute approximate surface area is 115 Å². The SMILES string of the molecule is C=C(CCCOC12CCC(C1)C1CCCC12)C(=O)O. The van der Waals surface area contributed by atoms with Crippen molar-refractivity contribution in [2.75, 3.05) is 6.61 Å². The van der Waals surface area contributed by atoms with Gasteiger partial charge in [-0.1, -0.05) is 13.0 Å². The highest BCUT2D eigenvalue weighted by Gasteiger charge is 2.59. The fraction of sp³-hybridized carbons (Fsp3) is 0.812. The quantitative estimate of drug-likeness (QED) is 0.591. The van der Waals surface area contributed by atoms with Crippen LogP contribution in [-0.4, -0.2) is 23.3 Å². The molecule has 3 aliphatic carbocycles. The normalized spacial score (nSPS) is 39.5. The highest BCUT2D eigenvalue weighted by Crippen LogP contribution is 2.62. The highest BCUT2D eigenvalue weighted by atomic mass is 16.5. The third kappa shape index (κ3) is 2.22. The lowest BCUT2D eigenvalue weighted by Crippen LogP contribution is -2.37. The van der Waals surface area contributed by atoms with Gasteiger partial charge in [-0.3, -0.25) is 0 Å². The van der Waals surface area contributed by atoms with Crippen molar-refractivity contribution in [3.8, 4) is 0 Å². The maximum absolute atomic E-state index is 10.7. The lowest BCUT2D eigenvalue weighted by atomic mass is 9.79. The van der Waals surface area contributed by atoms with Crippen LogP contribution < -0.4 is 0 Å². The van der Waals surface area contributed by atoms with Crippen LogP contribution >= 0.6 is 0 Å². The first-order valence-corrected chi connectivity index (χ1v) is 7.67. The molecule has 3 fully saturated rings. The molecule has 0 aliphatic heterocycles. The number of hydrogen-bond donors (Lipinski definition) is 1. The van der Waals surface area contributed by atoms with Crippen LogP contribution in [0.15, 0.2) is 12.2 Å². The number of aliphatic carboxylic acids is 1. The van der Waals surface area contributed by atoms with Gasteiger partial charge in [0.25, 0.3) is 0 Å². The zero-order valence-electron chi connectivity index (χ0n) is 11.6. The maximum Gasteiger partial charge on any atom is 0.330 e. The lowest BCUT2D eigenvalue weighted by molar-refractivity contribution is -0.132. The molecule has 0 aromatic carbocycles. The molecule has 0 amide bonds. The number of rotatable bonds is 6. The Hall–Kier alpha value is -0.830. The van der Waals surface area contributed by atoms with Crippen LogP contribution in [-0.2, 0) is 9.53 Å². The largest absolute Gasteiger partial charge is 0.478 e. The predicted molar refractivity (Wildman–Crippen MR) is 72.9 cm³/mol. The van der Waals surface area contributed by atoms with Gasteiger partial charge in [-0.2, -0.15) is 0 Å². The molecule has 0 saturated heterocycles. The second-order valence-corrected chi connectivity index (χ2v) is 6.63. The third-order valence-corrected chi connectivity index (χ3v) is 5.71. The van der Waals surface area contributed by atoms with Gasteiger partial charge in [0.2, 0.25) is 0 Å². The van der Waals surface area contributed by atoms with Gasteiger partial charge >= 0.3 is 5.97 Å². The molecule has 0 aromatic heterocycles. The summed E-state index contributed by atoms with van der Waals surface area (Å²) in [5.41, 5.74) is 0.465. The van der Waals surface area contributed by atoms with Crippen molar-refractivity contribution in [1.29, 1.82) is 0 Å². The first-order chi connectivity index (χ1) is 9.12. The van der Waals surface area contributed by atoms with Gasteiger partial charge in [-0.25, -0.2) is 4.79 Å². The fourth-order valence-electron chi connectivity index (χ4n) is 4.89. The van der Waals surface area contributed by atoms with Crippen molar-refractivity contribution < 1.29 is 14.6 Å². The van der Waals surface area contributed by atoms with Gasteiger partial charge in [0, 0.05) is 12.2 Å². The zero-order chi connectivity index (χ0) is 13.5. The minimum atomic E-state index is -0.879.